The van der Waals surface area contributed by atoms with Gasteiger partial charge < -0.3 is 10.2 Å². The summed E-state index contributed by atoms with van der Waals surface area (Å²) in [5, 5.41) is 3.73. The number of nitrogens with zero attached hydrogens (tertiary/aromatic N) is 2. The molecule has 1 aliphatic carbocycles. The first kappa shape index (κ1) is 31.6. The van der Waals surface area contributed by atoms with Crippen LogP contribution in [0, 0.1) is 0 Å². The number of nitrogens with one attached hydrogen (secondary N) is 1. The van der Waals surface area contributed by atoms with Crippen LogP contribution in [0.5, 0.6) is 0 Å². The summed E-state index contributed by atoms with van der Waals surface area (Å²) in [7, 11) is -3.82. The Morgan fingerprint density at radius 2 is 1.60 bits per heavy atom. The SMILES string of the molecule is CCc1ccccc1N(CC(=O)N(Cc1cccc(Cl)c1)C(Cc1ccccc1)C(=O)NC1CCCCC1)S(C)(=O)=O. The molecule has 0 spiro atoms. The molecule has 2 amide bonds. The van der Waals surface area contributed by atoms with E-state index in [9.17, 15) is 18.0 Å². The third-order valence-electron chi connectivity index (χ3n) is 7.79. The summed E-state index contributed by atoms with van der Waals surface area (Å²) in [6.45, 7) is 1.61. The maximum Gasteiger partial charge on any atom is 0.244 e. The summed E-state index contributed by atoms with van der Waals surface area (Å²) < 4.78 is 27.3. The molecule has 0 aromatic heterocycles. The van der Waals surface area contributed by atoms with Crippen molar-refractivity contribution in [3.63, 3.8) is 0 Å². The highest BCUT2D eigenvalue weighted by Gasteiger charge is 2.34. The van der Waals surface area contributed by atoms with Crippen molar-refractivity contribution in [1.82, 2.24) is 10.2 Å². The van der Waals surface area contributed by atoms with Gasteiger partial charge in [0.1, 0.15) is 12.6 Å². The van der Waals surface area contributed by atoms with Gasteiger partial charge in [-0.3, -0.25) is 13.9 Å². The average Bonchev–Trinajstić information content (AvgIpc) is 2.98. The van der Waals surface area contributed by atoms with Crippen molar-refractivity contribution in [1.29, 1.82) is 0 Å². The first-order chi connectivity index (χ1) is 20.2. The first-order valence-corrected chi connectivity index (χ1v) is 16.8. The third kappa shape index (κ3) is 8.58. The molecule has 4 rings (SSSR count). The zero-order valence-corrected chi connectivity index (χ0v) is 25.9. The zero-order chi connectivity index (χ0) is 30.1. The lowest BCUT2D eigenvalue weighted by Gasteiger charge is -2.35. The molecule has 0 bridgehead atoms. The van der Waals surface area contributed by atoms with Gasteiger partial charge in [0.25, 0.3) is 0 Å². The van der Waals surface area contributed by atoms with E-state index in [2.05, 4.69) is 5.32 Å². The summed E-state index contributed by atoms with van der Waals surface area (Å²) in [4.78, 5) is 29.8. The molecule has 42 heavy (non-hydrogen) atoms. The van der Waals surface area contributed by atoms with E-state index in [1.165, 1.54) is 4.90 Å². The summed E-state index contributed by atoms with van der Waals surface area (Å²) in [5.74, 6) is -0.702. The molecular formula is C33H40ClN3O4S. The fourth-order valence-corrected chi connectivity index (χ4v) is 6.67. The largest absolute Gasteiger partial charge is 0.352 e. The van der Waals surface area contributed by atoms with Crippen LogP contribution in [0.3, 0.4) is 0 Å². The van der Waals surface area contributed by atoms with Crippen molar-refractivity contribution in [2.24, 2.45) is 0 Å². The Labute approximate surface area is 254 Å². The van der Waals surface area contributed by atoms with Crippen LogP contribution in [0.2, 0.25) is 5.02 Å². The number of carbonyl (C=O) groups is 2. The zero-order valence-electron chi connectivity index (χ0n) is 24.3. The van der Waals surface area contributed by atoms with E-state index in [1.54, 1.807) is 30.3 Å². The Hall–Kier alpha value is -3.36. The van der Waals surface area contributed by atoms with E-state index >= 15 is 0 Å². The van der Waals surface area contributed by atoms with Crippen molar-refractivity contribution in [2.75, 3.05) is 17.1 Å². The number of hydrogen-bond acceptors (Lipinski definition) is 4. The molecule has 1 unspecified atom stereocenters. The highest BCUT2D eigenvalue weighted by atomic mass is 35.5. The van der Waals surface area contributed by atoms with Gasteiger partial charge in [-0.1, -0.05) is 98.5 Å². The summed E-state index contributed by atoms with van der Waals surface area (Å²) in [6.07, 6.45) is 7.06. The predicted molar refractivity (Wildman–Crippen MR) is 169 cm³/mol. The van der Waals surface area contributed by atoms with E-state index in [0.717, 1.165) is 59.4 Å². The predicted octanol–water partition coefficient (Wildman–Crippen LogP) is 5.76. The highest BCUT2D eigenvalue weighted by Crippen LogP contribution is 2.25. The second kappa shape index (κ2) is 14.7. The Balaban J connectivity index is 1.74. The van der Waals surface area contributed by atoms with Gasteiger partial charge in [0, 0.05) is 24.0 Å². The highest BCUT2D eigenvalue weighted by molar-refractivity contribution is 7.92. The lowest BCUT2D eigenvalue weighted by molar-refractivity contribution is -0.140. The van der Waals surface area contributed by atoms with Gasteiger partial charge in [0.15, 0.2) is 0 Å². The lowest BCUT2D eigenvalue weighted by Crippen LogP contribution is -2.55. The molecule has 3 aromatic carbocycles. The van der Waals surface area contributed by atoms with Gasteiger partial charge in [-0.05, 0) is 54.2 Å². The van der Waals surface area contributed by atoms with Gasteiger partial charge in [-0.2, -0.15) is 0 Å². The number of anilines is 1. The van der Waals surface area contributed by atoms with E-state index in [0.29, 0.717) is 17.1 Å². The molecule has 0 radical (unpaired) electrons. The Morgan fingerprint density at radius 1 is 0.929 bits per heavy atom. The van der Waals surface area contributed by atoms with Crippen LogP contribution >= 0.6 is 11.6 Å². The number of sulfonamides is 1. The summed E-state index contributed by atoms with van der Waals surface area (Å²) in [5.41, 5.74) is 2.93. The van der Waals surface area contributed by atoms with E-state index in [4.69, 9.17) is 11.6 Å². The van der Waals surface area contributed by atoms with Crippen molar-refractivity contribution in [3.05, 3.63) is 101 Å². The number of hydrogen-bond donors (Lipinski definition) is 1. The molecule has 1 aliphatic rings. The lowest BCUT2D eigenvalue weighted by atomic mass is 9.94. The van der Waals surface area contributed by atoms with Crippen LogP contribution in [0.1, 0.15) is 55.7 Å². The molecule has 224 valence electrons. The van der Waals surface area contributed by atoms with Crippen molar-refractivity contribution in [2.45, 2.75) is 70.5 Å². The minimum atomic E-state index is -3.82. The van der Waals surface area contributed by atoms with Crippen LogP contribution in [-0.4, -0.2) is 50.0 Å². The number of benzene rings is 3. The number of halogens is 1. The Kier molecular flexibility index (Phi) is 11.0. The van der Waals surface area contributed by atoms with Crippen LogP contribution in [-0.2, 0) is 39.0 Å². The molecule has 3 aromatic rings. The molecule has 1 atom stereocenters. The molecule has 0 aliphatic heterocycles. The van der Waals surface area contributed by atoms with Crippen LogP contribution in [0.4, 0.5) is 5.69 Å². The molecule has 9 heteroatoms. The average molecular weight is 610 g/mol. The maximum atomic E-state index is 14.3. The van der Waals surface area contributed by atoms with Gasteiger partial charge in [0.05, 0.1) is 11.9 Å². The number of amides is 2. The molecule has 1 fully saturated rings. The molecule has 0 saturated heterocycles. The first-order valence-electron chi connectivity index (χ1n) is 14.6. The second-order valence-electron chi connectivity index (χ2n) is 11.0. The van der Waals surface area contributed by atoms with E-state index < -0.39 is 28.5 Å². The van der Waals surface area contributed by atoms with Crippen molar-refractivity contribution in [3.8, 4) is 0 Å². The molecule has 7 nitrogen and oxygen atoms in total. The quantitative estimate of drug-likeness (QED) is 0.283. The maximum absolute atomic E-state index is 14.3. The summed E-state index contributed by atoms with van der Waals surface area (Å²) >= 11 is 6.30. The normalized spacial score (nSPS) is 14.6. The minimum Gasteiger partial charge on any atom is -0.352 e. The van der Waals surface area contributed by atoms with E-state index in [1.807, 2.05) is 55.5 Å². The van der Waals surface area contributed by atoms with Crippen LogP contribution in [0.15, 0.2) is 78.9 Å². The topological polar surface area (TPSA) is 86.8 Å². The Morgan fingerprint density at radius 3 is 2.26 bits per heavy atom. The number of carbonyl (C=O) groups excluding carboxylic acids is 2. The van der Waals surface area contributed by atoms with Crippen molar-refractivity contribution >= 4 is 39.1 Å². The van der Waals surface area contributed by atoms with E-state index in [-0.39, 0.29) is 24.9 Å². The van der Waals surface area contributed by atoms with Crippen LogP contribution < -0.4 is 9.62 Å². The number of aryl methyl sites for hydroxylation is 1. The number of para-hydroxylation sites is 1. The van der Waals surface area contributed by atoms with Gasteiger partial charge in [-0.25, -0.2) is 8.42 Å². The third-order valence-corrected chi connectivity index (χ3v) is 9.15. The van der Waals surface area contributed by atoms with Gasteiger partial charge >= 0.3 is 0 Å². The standard InChI is InChI=1S/C33H40ClN3O4S/c1-3-27-16-10-11-20-30(27)37(42(2,40)41)24-32(38)36(23-26-15-12-17-28(34)21-26)31(22-25-13-6-4-7-14-25)33(39)35-29-18-8-5-9-19-29/h4,6-7,10-17,20-21,29,31H,3,5,8-9,18-19,22-24H2,1-2H3,(H,35,39). The molecular weight excluding hydrogens is 570 g/mol. The summed E-state index contributed by atoms with van der Waals surface area (Å²) in [6, 6.07) is 23.1. The Bertz CT molecular complexity index is 1460. The van der Waals surface area contributed by atoms with Gasteiger partial charge in [0.2, 0.25) is 21.8 Å². The van der Waals surface area contributed by atoms with Crippen LogP contribution in [0.25, 0.3) is 0 Å². The fraction of sp³-hybridized carbons (Fsp3) is 0.394. The molecule has 0 heterocycles. The molecule has 1 saturated carbocycles. The minimum absolute atomic E-state index is 0.0524. The molecule has 1 N–H and O–H groups in total. The smallest absolute Gasteiger partial charge is 0.244 e. The van der Waals surface area contributed by atoms with Crippen molar-refractivity contribution < 1.29 is 18.0 Å². The number of rotatable bonds is 12. The monoisotopic (exact) mass is 609 g/mol. The van der Waals surface area contributed by atoms with Gasteiger partial charge in [-0.15, -0.1) is 0 Å². The fourth-order valence-electron chi connectivity index (χ4n) is 5.58. The second-order valence-corrected chi connectivity index (χ2v) is 13.3.